The maximum atomic E-state index is 11.4. The molecule has 0 fully saturated rings. The average molecular weight is 241 g/mol. The summed E-state index contributed by atoms with van der Waals surface area (Å²) < 4.78 is 1.44. The van der Waals surface area contributed by atoms with Gasteiger partial charge in [-0.3, -0.25) is 0 Å². The molecule has 6 heteroatoms. The van der Waals surface area contributed by atoms with Gasteiger partial charge >= 0.3 is 5.69 Å². The largest absolute Gasteiger partial charge is 0.349 e. The quantitative estimate of drug-likeness (QED) is 0.809. The molecule has 0 amide bonds. The van der Waals surface area contributed by atoms with Crippen LogP contribution in [-0.4, -0.2) is 25.0 Å². The average Bonchev–Trinajstić information content (AvgIpc) is 2.59. The van der Waals surface area contributed by atoms with E-state index in [1.54, 1.807) is 13.0 Å². The summed E-state index contributed by atoms with van der Waals surface area (Å²) in [6, 6.07) is 1.79. The Morgan fingerprint density at radius 2 is 2.19 bits per heavy atom. The van der Waals surface area contributed by atoms with E-state index in [0.29, 0.717) is 11.5 Å². The number of rotatable bonds is 2. The normalized spacial score (nSPS) is 15.2. The Bertz CT molecular complexity index is 572. The van der Waals surface area contributed by atoms with Gasteiger partial charge in [-0.25, -0.2) is 19.3 Å². The van der Waals surface area contributed by atoms with Crippen molar-refractivity contribution in [3.63, 3.8) is 0 Å². The van der Waals surface area contributed by atoms with Crippen molar-refractivity contribution in [3.05, 3.63) is 28.1 Å². The molecule has 2 aromatic rings. The zero-order valence-electron chi connectivity index (χ0n) is 9.36. The number of aromatic nitrogens is 4. The molecule has 0 radical (unpaired) electrons. The Morgan fingerprint density at radius 1 is 1.50 bits per heavy atom. The summed E-state index contributed by atoms with van der Waals surface area (Å²) in [7, 11) is 0. The van der Waals surface area contributed by atoms with Crippen molar-refractivity contribution in [1.29, 1.82) is 0 Å². The molecule has 16 heavy (non-hydrogen) atoms. The second kappa shape index (κ2) is 3.90. The summed E-state index contributed by atoms with van der Waals surface area (Å²) in [6.45, 7) is 5.70. The van der Waals surface area contributed by atoms with Crippen LogP contribution in [0.15, 0.2) is 10.9 Å². The fraction of sp³-hybridized carbons (Fsp3) is 0.500. The summed E-state index contributed by atoms with van der Waals surface area (Å²) in [4.78, 5) is 15.8. The number of fused-ring (bicyclic) bond motifs is 1. The topological polar surface area (TPSA) is 63.0 Å². The van der Waals surface area contributed by atoms with Gasteiger partial charge in [0.05, 0.1) is 5.69 Å². The first kappa shape index (κ1) is 11.1. The highest BCUT2D eigenvalue weighted by Gasteiger charge is 2.16. The molecule has 0 aliphatic carbocycles. The summed E-state index contributed by atoms with van der Waals surface area (Å²) in [5.74, 6) is 0.743. The molecular formula is C10H13ClN4O. The Balaban J connectivity index is 2.63. The summed E-state index contributed by atoms with van der Waals surface area (Å²) in [6.07, 6.45) is 0. The van der Waals surface area contributed by atoms with Crippen molar-refractivity contribution in [3.8, 4) is 0 Å². The first-order valence-electron chi connectivity index (χ1n) is 5.09. The molecule has 0 saturated carbocycles. The molecule has 0 spiro atoms. The fourth-order valence-corrected chi connectivity index (χ4v) is 1.72. The molecule has 2 rings (SSSR count). The molecule has 2 aromatic heterocycles. The monoisotopic (exact) mass is 240 g/mol. The fourth-order valence-electron chi connectivity index (χ4n) is 1.59. The maximum Gasteiger partial charge on any atom is 0.349 e. The van der Waals surface area contributed by atoms with E-state index in [-0.39, 0.29) is 17.0 Å². The predicted octanol–water partition coefficient (Wildman–Crippen LogP) is 1.46. The van der Waals surface area contributed by atoms with Crippen LogP contribution in [0.5, 0.6) is 0 Å². The van der Waals surface area contributed by atoms with E-state index in [9.17, 15) is 4.79 Å². The molecule has 2 unspecified atom stereocenters. The number of nitrogens with zero attached hydrogens (tertiary/aromatic N) is 3. The third kappa shape index (κ3) is 1.71. The van der Waals surface area contributed by atoms with Gasteiger partial charge in [0.2, 0.25) is 0 Å². The summed E-state index contributed by atoms with van der Waals surface area (Å²) in [5.41, 5.74) is 1.17. The van der Waals surface area contributed by atoms with E-state index in [0.717, 1.165) is 5.69 Å². The lowest BCUT2D eigenvalue weighted by Gasteiger charge is -2.13. The van der Waals surface area contributed by atoms with Crippen LogP contribution >= 0.6 is 11.6 Å². The van der Waals surface area contributed by atoms with Crippen molar-refractivity contribution in [2.75, 3.05) is 0 Å². The Morgan fingerprint density at radius 3 is 2.81 bits per heavy atom. The zero-order chi connectivity index (χ0) is 11.9. The third-order valence-electron chi connectivity index (χ3n) is 2.75. The Kier molecular flexibility index (Phi) is 2.71. The van der Waals surface area contributed by atoms with E-state index in [2.05, 4.69) is 15.2 Å². The number of hydrogen-bond donors (Lipinski definition) is 1. The first-order valence-corrected chi connectivity index (χ1v) is 5.53. The van der Waals surface area contributed by atoms with E-state index in [1.807, 2.05) is 13.8 Å². The number of aryl methyl sites for hydroxylation is 1. The van der Waals surface area contributed by atoms with Crippen molar-refractivity contribution in [2.24, 2.45) is 0 Å². The second-order valence-corrected chi connectivity index (χ2v) is 4.61. The molecule has 0 aromatic carbocycles. The van der Waals surface area contributed by atoms with Gasteiger partial charge in [0.25, 0.3) is 0 Å². The molecule has 1 N–H and O–H groups in total. The number of nitrogens with one attached hydrogen (secondary N) is 1. The first-order chi connectivity index (χ1) is 7.50. The molecular weight excluding hydrogens is 228 g/mol. The van der Waals surface area contributed by atoms with Crippen molar-refractivity contribution >= 4 is 17.2 Å². The van der Waals surface area contributed by atoms with Gasteiger partial charge in [0.15, 0.2) is 5.65 Å². The lowest BCUT2D eigenvalue weighted by Crippen LogP contribution is -2.15. The summed E-state index contributed by atoms with van der Waals surface area (Å²) in [5, 5.41) is 6.31. The molecule has 86 valence electrons. The molecule has 0 aliphatic rings. The van der Waals surface area contributed by atoms with E-state index < -0.39 is 0 Å². The van der Waals surface area contributed by atoms with Gasteiger partial charge in [0, 0.05) is 17.4 Å². The van der Waals surface area contributed by atoms with Crippen LogP contribution in [0, 0.1) is 6.92 Å². The predicted molar refractivity (Wildman–Crippen MR) is 62.1 cm³/mol. The van der Waals surface area contributed by atoms with Gasteiger partial charge < -0.3 is 0 Å². The SMILES string of the molecule is Cc1nc(C(C)C(C)Cl)cc2n[nH]c(=O)n12. The van der Waals surface area contributed by atoms with Gasteiger partial charge in [-0.05, 0) is 13.8 Å². The van der Waals surface area contributed by atoms with Gasteiger partial charge in [-0.1, -0.05) is 6.92 Å². The van der Waals surface area contributed by atoms with E-state index in [4.69, 9.17) is 11.6 Å². The second-order valence-electron chi connectivity index (χ2n) is 3.92. The Labute approximate surface area is 97.5 Å². The molecule has 0 aliphatic heterocycles. The number of aromatic amines is 1. The number of alkyl halides is 1. The van der Waals surface area contributed by atoms with E-state index >= 15 is 0 Å². The highest BCUT2D eigenvalue weighted by Crippen LogP contribution is 2.21. The van der Waals surface area contributed by atoms with Crippen LogP contribution in [0.3, 0.4) is 0 Å². The molecule has 5 nitrogen and oxygen atoms in total. The number of hydrogen-bond acceptors (Lipinski definition) is 3. The number of halogens is 1. The third-order valence-corrected chi connectivity index (χ3v) is 3.12. The van der Waals surface area contributed by atoms with Crippen molar-refractivity contribution in [1.82, 2.24) is 19.6 Å². The molecule has 0 bridgehead atoms. The van der Waals surface area contributed by atoms with E-state index in [1.165, 1.54) is 4.40 Å². The summed E-state index contributed by atoms with van der Waals surface area (Å²) >= 11 is 6.03. The van der Waals surface area contributed by atoms with Gasteiger partial charge in [-0.15, -0.1) is 11.6 Å². The lowest BCUT2D eigenvalue weighted by atomic mass is 10.0. The minimum atomic E-state index is -0.266. The molecule has 2 heterocycles. The Hall–Kier alpha value is -1.36. The highest BCUT2D eigenvalue weighted by atomic mass is 35.5. The zero-order valence-corrected chi connectivity index (χ0v) is 10.1. The smallest absolute Gasteiger partial charge is 0.246 e. The van der Waals surface area contributed by atoms with Crippen LogP contribution < -0.4 is 5.69 Å². The van der Waals surface area contributed by atoms with Crippen LogP contribution in [0.4, 0.5) is 0 Å². The minimum absolute atomic E-state index is 0.0139. The van der Waals surface area contributed by atoms with Gasteiger partial charge in [0.1, 0.15) is 5.82 Å². The van der Waals surface area contributed by atoms with Crippen molar-refractivity contribution in [2.45, 2.75) is 32.1 Å². The lowest BCUT2D eigenvalue weighted by molar-refractivity contribution is 0.705. The van der Waals surface area contributed by atoms with Gasteiger partial charge in [-0.2, -0.15) is 5.10 Å². The maximum absolute atomic E-state index is 11.4. The number of H-pyrrole nitrogens is 1. The van der Waals surface area contributed by atoms with Crippen LogP contribution in [0.25, 0.3) is 5.65 Å². The minimum Gasteiger partial charge on any atom is -0.246 e. The molecule has 0 saturated heterocycles. The standard InChI is InChI=1S/C10H13ClN4O/c1-5(6(2)11)8-4-9-13-14-10(16)15(9)7(3)12-8/h4-6H,1-3H3,(H,14,16). The molecule has 2 atom stereocenters. The van der Waals surface area contributed by atoms with Crippen LogP contribution in [-0.2, 0) is 0 Å². The highest BCUT2D eigenvalue weighted by molar-refractivity contribution is 6.20. The van der Waals surface area contributed by atoms with Crippen LogP contribution in [0.1, 0.15) is 31.3 Å². The van der Waals surface area contributed by atoms with Crippen LogP contribution in [0.2, 0.25) is 0 Å². The van der Waals surface area contributed by atoms with Crippen molar-refractivity contribution < 1.29 is 0 Å².